The number of nitrogens with zero attached hydrogens (tertiary/aromatic N) is 1. The number of fused-ring (bicyclic) bond motifs is 1. The fourth-order valence-corrected chi connectivity index (χ4v) is 2.99. The molecule has 114 valence electrons. The summed E-state index contributed by atoms with van der Waals surface area (Å²) < 4.78 is 0. The van der Waals surface area contributed by atoms with Crippen LogP contribution >= 0.6 is 12.4 Å². The first-order chi connectivity index (χ1) is 9.65. The second-order valence-electron chi connectivity index (χ2n) is 5.52. The SMILES string of the molecule is Cl.NC(=O)C1CCN(C(=O)c2ccc3c(c2)CCN3)CC1. The number of piperidine rings is 1. The minimum absolute atomic E-state index is 0. The van der Waals surface area contributed by atoms with Crippen molar-refractivity contribution in [2.45, 2.75) is 19.3 Å². The monoisotopic (exact) mass is 309 g/mol. The van der Waals surface area contributed by atoms with E-state index in [0.29, 0.717) is 25.9 Å². The molecular formula is C15H20ClN3O2. The summed E-state index contributed by atoms with van der Waals surface area (Å²) in [5, 5.41) is 3.29. The summed E-state index contributed by atoms with van der Waals surface area (Å²) in [6, 6.07) is 5.84. The second-order valence-corrected chi connectivity index (χ2v) is 5.52. The van der Waals surface area contributed by atoms with Crippen LogP contribution in [0.1, 0.15) is 28.8 Å². The molecule has 1 aromatic carbocycles. The molecule has 2 amide bonds. The maximum absolute atomic E-state index is 12.5. The van der Waals surface area contributed by atoms with Crippen LogP contribution in [0.3, 0.4) is 0 Å². The molecule has 1 aromatic rings. The standard InChI is InChI=1S/C15H19N3O2.ClH/c16-14(19)10-4-7-18(8-5-10)15(20)12-1-2-13-11(9-12)3-6-17-13;/h1-2,9-10,17H,3-8H2,(H2,16,19);1H. The Balaban J connectivity index is 0.00000161. The molecular weight excluding hydrogens is 290 g/mol. The fourth-order valence-electron chi connectivity index (χ4n) is 2.99. The number of anilines is 1. The molecule has 5 nitrogen and oxygen atoms in total. The van der Waals surface area contributed by atoms with Gasteiger partial charge in [0.2, 0.25) is 5.91 Å². The smallest absolute Gasteiger partial charge is 0.253 e. The number of carbonyl (C=O) groups is 2. The molecule has 3 rings (SSSR count). The lowest BCUT2D eigenvalue weighted by atomic mass is 9.95. The van der Waals surface area contributed by atoms with Crippen LogP contribution in [0.4, 0.5) is 5.69 Å². The van der Waals surface area contributed by atoms with Crippen molar-refractivity contribution in [2.75, 3.05) is 25.0 Å². The minimum Gasteiger partial charge on any atom is -0.384 e. The number of nitrogens with two attached hydrogens (primary N) is 1. The maximum atomic E-state index is 12.5. The zero-order chi connectivity index (χ0) is 14.1. The van der Waals surface area contributed by atoms with Crippen molar-refractivity contribution in [3.63, 3.8) is 0 Å². The predicted octanol–water partition coefficient (Wildman–Crippen LogP) is 1.41. The third-order valence-corrected chi connectivity index (χ3v) is 4.25. The summed E-state index contributed by atoms with van der Waals surface area (Å²) in [5.41, 5.74) is 8.40. The zero-order valence-corrected chi connectivity index (χ0v) is 12.6. The van der Waals surface area contributed by atoms with Gasteiger partial charge in [-0.05, 0) is 43.0 Å². The molecule has 2 heterocycles. The average molecular weight is 310 g/mol. The second kappa shape index (κ2) is 6.35. The van der Waals surface area contributed by atoms with Crippen molar-refractivity contribution in [1.82, 2.24) is 4.90 Å². The van der Waals surface area contributed by atoms with Gasteiger partial charge in [-0.25, -0.2) is 0 Å². The molecule has 0 unspecified atom stereocenters. The Kier molecular flexibility index (Phi) is 4.73. The molecule has 0 radical (unpaired) electrons. The number of primary amides is 1. The van der Waals surface area contributed by atoms with Crippen molar-refractivity contribution in [2.24, 2.45) is 11.7 Å². The molecule has 0 aromatic heterocycles. The highest BCUT2D eigenvalue weighted by Crippen LogP contribution is 2.25. The fraction of sp³-hybridized carbons (Fsp3) is 0.467. The summed E-state index contributed by atoms with van der Waals surface area (Å²) in [6.07, 6.45) is 2.32. The molecule has 2 aliphatic rings. The lowest BCUT2D eigenvalue weighted by Gasteiger charge is -2.30. The van der Waals surface area contributed by atoms with Crippen LogP contribution < -0.4 is 11.1 Å². The van der Waals surface area contributed by atoms with Gasteiger partial charge < -0.3 is 16.0 Å². The van der Waals surface area contributed by atoms with E-state index >= 15 is 0 Å². The molecule has 0 aliphatic carbocycles. The Bertz CT molecular complexity index is 554. The van der Waals surface area contributed by atoms with Gasteiger partial charge in [0.1, 0.15) is 0 Å². The first-order valence-corrected chi connectivity index (χ1v) is 7.10. The Morgan fingerprint density at radius 3 is 2.62 bits per heavy atom. The molecule has 1 fully saturated rings. The topological polar surface area (TPSA) is 75.4 Å². The summed E-state index contributed by atoms with van der Waals surface area (Å²) in [7, 11) is 0. The summed E-state index contributed by atoms with van der Waals surface area (Å²) in [5.74, 6) is -0.272. The van der Waals surface area contributed by atoms with Crippen LogP contribution in [0.25, 0.3) is 0 Å². The van der Waals surface area contributed by atoms with Crippen LogP contribution in [0.15, 0.2) is 18.2 Å². The highest BCUT2D eigenvalue weighted by molar-refractivity contribution is 5.95. The van der Waals surface area contributed by atoms with Crippen molar-refractivity contribution in [3.8, 4) is 0 Å². The number of benzene rings is 1. The van der Waals surface area contributed by atoms with E-state index in [4.69, 9.17) is 5.73 Å². The number of rotatable bonds is 2. The lowest BCUT2D eigenvalue weighted by Crippen LogP contribution is -2.41. The Morgan fingerprint density at radius 1 is 1.24 bits per heavy atom. The third kappa shape index (κ3) is 3.13. The highest BCUT2D eigenvalue weighted by atomic mass is 35.5. The minimum atomic E-state index is -0.249. The van der Waals surface area contributed by atoms with Crippen LogP contribution in [0, 0.1) is 5.92 Å². The Hall–Kier alpha value is -1.75. The summed E-state index contributed by atoms with van der Waals surface area (Å²) in [6.45, 7) is 2.17. The molecule has 0 saturated carbocycles. The molecule has 21 heavy (non-hydrogen) atoms. The molecule has 0 spiro atoms. The van der Waals surface area contributed by atoms with E-state index in [9.17, 15) is 9.59 Å². The van der Waals surface area contributed by atoms with E-state index in [1.807, 2.05) is 23.1 Å². The maximum Gasteiger partial charge on any atom is 0.253 e. The first-order valence-electron chi connectivity index (χ1n) is 7.10. The van der Waals surface area contributed by atoms with Crippen LogP contribution in [-0.2, 0) is 11.2 Å². The molecule has 0 atom stereocenters. The van der Waals surface area contributed by atoms with Crippen LogP contribution in [0.2, 0.25) is 0 Å². The van der Waals surface area contributed by atoms with E-state index in [-0.39, 0.29) is 30.1 Å². The number of hydrogen-bond acceptors (Lipinski definition) is 3. The normalized spacial score (nSPS) is 17.6. The van der Waals surface area contributed by atoms with Gasteiger partial charge in [-0.3, -0.25) is 9.59 Å². The summed E-state index contributed by atoms with van der Waals surface area (Å²) in [4.78, 5) is 25.4. The molecule has 0 bridgehead atoms. The van der Waals surface area contributed by atoms with E-state index < -0.39 is 0 Å². The number of nitrogens with one attached hydrogen (secondary N) is 1. The Labute approximate surface area is 130 Å². The van der Waals surface area contributed by atoms with Gasteiger partial charge >= 0.3 is 0 Å². The van der Waals surface area contributed by atoms with Crippen molar-refractivity contribution in [3.05, 3.63) is 29.3 Å². The van der Waals surface area contributed by atoms with Gasteiger partial charge in [0, 0.05) is 36.8 Å². The third-order valence-electron chi connectivity index (χ3n) is 4.25. The summed E-state index contributed by atoms with van der Waals surface area (Å²) >= 11 is 0. The lowest BCUT2D eigenvalue weighted by molar-refractivity contribution is -0.123. The van der Waals surface area contributed by atoms with E-state index in [1.165, 1.54) is 5.56 Å². The van der Waals surface area contributed by atoms with Crippen LogP contribution in [0.5, 0.6) is 0 Å². The van der Waals surface area contributed by atoms with Gasteiger partial charge in [0.25, 0.3) is 5.91 Å². The number of halogens is 1. The molecule has 3 N–H and O–H groups in total. The predicted molar refractivity (Wildman–Crippen MR) is 83.7 cm³/mol. The Morgan fingerprint density at radius 2 is 1.95 bits per heavy atom. The van der Waals surface area contributed by atoms with Gasteiger partial charge in [-0.1, -0.05) is 0 Å². The number of carbonyl (C=O) groups excluding carboxylic acids is 2. The molecule has 6 heteroatoms. The van der Waals surface area contributed by atoms with E-state index in [1.54, 1.807) is 0 Å². The quantitative estimate of drug-likeness (QED) is 0.867. The van der Waals surface area contributed by atoms with Crippen LogP contribution in [-0.4, -0.2) is 36.3 Å². The van der Waals surface area contributed by atoms with E-state index in [2.05, 4.69) is 5.32 Å². The average Bonchev–Trinajstić information content (AvgIpc) is 2.94. The van der Waals surface area contributed by atoms with Gasteiger partial charge in [0.15, 0.2) is 0 Å². The number of amides is 2. The van der Waals surface area contributed by atoms with Crippen molar-refractivity contribution in [1.29, 1.82) is 0 Å². The number of hydrogen-bond donors (Lipinski definition) is 2. The number of likely N-dealkylation sites (tertiary alicyclic amines) is 1. The largest absolute Gasteiger partial charge is 0.384 e. The first kappa shape index (κ1) is 15.6. The van der Waals surface area contributed by atoms with Gasteiger partial charge in [0.05, 0.1) is 0 Å². The van der Waals surface area contributed by atoms with Crippen molar-refractivity contribution < 1.29 is 9.59 Å². The molecule has 2 aliphatic heterocycles. The zero-order valence-electron chi connectivity index (χ0n) is 11.8. The van der Waals surface area contributed by atoms with Crippen molar-refractivity contribution >= 4 is 29.9 Å². The molecule has 1 saturated heterocycles. The van der Waals surface area contributed by atoms with Gasteiger partial charge in [-0.15, -0.1) is 12.4 Å². The van der Waals surface area contributed by atoms with E-state index in [0.717, 1.165) is 24.2 Å². The van der Waals surface area contributed by atoms with Gasteiger partial charge in [-0.2, -0.15) is 0 Å². The highest BCUT2D eigenvalue weighted by Gasteiger charge is 2.26.